The lowest BCUT2D eigenvalue weighted by atomic mass is 10.2. The van der Waals surface area contributed by atoms with E-state index in [1.54, 1.807) is 11.8 Å². The molecule has 0 aliphatic carbocycles. The molecule has 1 aromatic heterocycles. The molecule has 2 aromatic carbocycles. The van der Waals surface area contributed by atoms with E-state index in [0.29, 0.717) is 24.1 Å². The zero-order chi connectivity index (χ0) is 20.1. The number of hydrogen-bond acceptors (Lipinski definition) is 8. The van der Waals surface area contributed by atoms with Crippen molar-refractivity contribution in [1.82, 2.24) is 25.5 Å². The molecule has 4 rings (SSSR count). The third-order valence-electron chi connectivity index (χ3n) is 4.18. The molecule has 0 saturated carbocycles. The Labute approximate surface area is 171 Å². The molecule has 1 aliphatic rings. The largest absolute Gasteiger partial charge is 0.497 e. The maximum absolute atomic E-state index is 12.2. The predicted molar refractivity (Wildman–Crippen MR) is 106 cm³/mol. The van der Waals surface area contributed by atoms with Crippen molar-refractivity contribution >= 4 is 17.7 Å². The van der Waals surface area contributed by atoms with Gasteiger partial charge in [0.05, 0.1) is 25.1 Å². The summed E-state index contributed by atoms with van der Waals surface area (Å²) in [6, 6.07) is 14.8. The number of rotatable bonds is 7. The first-order valence-electron chi connectivity index (χ1n) is 8.94. The van der Waals surface area contributed by atoms with Crippen LogP contribution in [0.15, 0.2) is 53.7 Å². The van der Waals surface area contributed by atoms with Crippen LogP contribution in [0.2, 0.25) is 0 Å². The van der Waals surface area contributed by atoms with E-state index in [-0.39, 0.29) is 17.8 Å². The fraction of sp³-hybridized carbons (Fsp3) is 0.263. The van der Waals surface area contributed by atoms with Gasteiger partial charge >= 0.3 is 0 Å². The second kappa shape index (κ2) is 8.82. The van der Waals surface area contributed by atoms with Gasteiger partial charge < -0.3 is 19.5 Å². The van der Waals surface area contributed by atoms with Gasteiger partial charge in [-0.1, -0.05) is 23.9 Å². The van der Waals surface area contributed by atoms with E-state index in [9.17, 15) is 4.79 Å². The molecule has 9 nitrogen and oxygen atoms in total. The predicted octanol–water partition coefficient (Wildman–Crippen LogP) is 1.72. The van der Waals surface area contributed by atoms with E-state index < -0.39 is 0 Å². The van der Waals surface area contributed by atoms with Gasteiger partial charge in [-0.3, -0.25) is 4.79 Å². The highest BCUT2D eigenvalue weighted by Crippen LogP contribution is 2.30. The molecule has 0 saturated heterocycles. The van der Waals surface area contributed by atoms with Crippen molar-refractivity contribution in [2.24, 2.45) is 0 Å². The second-order valence-corrected chi connectivity index (χ2v) is 7.10. The number of ether oxygens (including phenoxy) is 3. The molecule has 0 bridgehead atoms. The number of methoxy groups -OCH3 is 1. The van der Waals surface area contributed by atoms with Crippen molar-refractivity contribution in [2.75, 3.05) is 26.0 Å². The molecule has 2 heterocycles. The standard InChI is InChI=1S/C19H19N5O4S/c1-26-14-8-6-13(7-9-14)24-19(21-22-23-24)29-12-18(25)20-10-15-11-27-16-4-2-3-5-17(16)28-15/h2-9,15H,10-12H2,1H3,(H,20,25)/t15-/m0/s1. The average Bonchev–Trinajstić information content (AvgIpc) is 3.25. The number of nitrogens with zero attached hydrogens (tertiary/aromatic N) is 4. The molecular weight excluding hydrogens is 394 g/mol. The maximum Gasteiger partial charge on any atom is 0.230 e. The van der Waals surface area contributed by atoms with Crippen LogP contribution in [-0.2, 0) is 4.79 Å². The maximum atomic E-state index is 12.2. The summed E-state index contributed by atoms with van der Waals surface area (Å²) in [4.78, 5) is 12.2. The van der Waals surface area contributed by atoms with Gasteiger partial charge in [-0.2, -0.15) is 4.68 Å². The van der Waals surface area contributed by atoms with Crippen LogP contribution in [0.4, 0.5) is 0 Å². The highest BCUT2D eigenvalue weighted by Gasteiger charge is 2.21. The summed E-state index contributed by atoms with van der Waals surface area (Å²) in [6.07, 6.45) is -0.233. The topological polar surface area (TPSA) is 100 Å². The Bertz CT molecular complexity index is 979. The molecule has 0 radical (unpaired) electrons. The molecule has 150 valence electrons. The van der Waals surface area contributed by atoms with E-state index in [1.807, 2.05) is 48.5 Å². The molecular formula is C19H19N5O4S. The number of para-hydroxylation sites is 2. The Kier molecular flexibility index (Phi) is 5.80. The van der Waals surface area contributed by atoms with E-state index in [1.165, 1.54) is 11.8 Å². The van der Waals surface area contributed by atoms with Crippen LogP contribution in [0.3, 0.4) is 0 Å². The minimum Gasteiger partial charge on any atom is -0.497 e. The van der Waals surface area contributed by atoms with Crippen molar-refractivity contribution in [3.05, 3.63) is 48.5 Å². The molecule has 1 N–H and O–H groups in total. The van der Waals surface area contributed by atoms with Crippen molar-refractivity contribution in [2.45, 2.75) is 11.3 Å². The van der Waals surface area contributed by atoms with Gasteiger partial charge in [0.1, 0.15) is 18.5 Å². The number of aromatic nitrogens is 4. The minimum atomic E-state index is -0.233. The number of tetrazole rings is 1. The lowest BCUT2D eigenvalue weighted by Crippen LogP contribution is -2.41. The lowest BCUT2D eigenvalue weighted by Gasteiger charge is -2.26. The van der Waals surface area contributed by atoms with Crippen LogP contribution < -0.4 is 19.5 Å². The van der Waals surface area contributed by atoms with Gasteiger partial charge in [0.15, 0.2) is 11.5 Å². The smallest absolute Gasteiger partial charge is 0.230 e. The van der Waals surface area contributed by atoms with Crippen LogP contribution in [0.25, 0.3) is 5.69 Å². The molecule has 1 atom stereocenters. The number of carbonyl (C=O) groups excluding carboxylic acids is 1. The van der Waals surface area contributed by atoms with Crippen LogP contribution in [0.1, 0.15) is 0 Å². The molecule has 10 heteroatoms. The number of carbonyl (C=O) groups is 1. The number of fused-ring (bicyclic) bond motifs is 1. The molecule has 0 unspecified atom stereocenters. The Morgan fingerprint density at radius 3 is 2.83 bits per heavy atom. The van der Waals surface area contributed by atoms with Crippen LogP contribution in [0, 0.1) is 0 Å². The first-order valence-corrected chi connectivity index (χ1v) is 9.92. The third kappa shape index (κ3) is 4.60. The Morgan fingerprint density at radius 2 is 2.03 bits per heavy atom. The van der Waals surface area contributed by atoms with Crippen molar-refractivity contribution in [3.63, 3.8) is 0 Å². The monoisotopic (exact) mass is 413 g/mol. The van der Waals surface area contributed by atoms with Gasteiger partial charge in [0.25, 0.3) is 0 Å². The zero-order valence-corrected chi connectivity index (χ0v) is 16.5. The first-order chi connectivity index (χ1) is 14.2. The number of nitrogens with one attached hydrogen (secondary N) is 1. The number of amides is 1. The summed E-state index contributed by atoms with van der Waals surface area (Å²) in [5.74, 6) is 2.19. The fourth-order valence-electron chi connectivity index (χ4n) is 2.73. The average molecular weight is 413 g/mol. The van der Waals surface area contributed by atoms with Crippen molar-refractivity contribution in [1.29, 1.82) is 0 Å². The Hall–Kier alpha value is -3.27. The molecule has 3 aromatic rings. The van der Waals surface area contributed by atoms with Crippen molar-refractivity contribution in [3.8, 4) is 22.9 Å². The molecule has 0 spiro atoms. The summed E-state index contributed by atoms with van der Waals surface area (Å²) in [6.45, 7) is 0.747. The molecule has 0 fully saturated rings. The minimum absolute atomic E-state index is 0.137. The van der Waals surface area contributed by atoms with Crippen LogP contribution >= 0.6 is 11.8 Å². The van der Waals surface area contributed by atoms with Gasteiger partial charge in [0, 0.05) is 0 Å². The van der Waals surface area contributed by atoms with Gasteiger partial charge in [-0.05, 0) is 46.8 Å². The fourth-order valence-corrected chi connectivity index (χ4v) is 3.45. The molecule has 29 heavy (non-hydrogen) atoms. The van der Waals surface area contributed by atoms with Gasteiger partial charge in [-0.15, -0.1) is 5.10 Å². The van der Waals surface area contributed by atoms with E-state index >= 15 is 0 Å². The van der Waals surface area contributed by atoms with E-state index in [4.69, 9.17) is 14.2 Å². The van der Waals surface area contributed by atoms with E-state index in [0.717, 1.165) is 17.2 Å². The van der Waals surface area contributed by atoms with Gasteiger partial charge in [0.2, 0.25) is 11.1 Å². The Balaban J connectivity index is 1.28. The normalized spacial score (nSPS) is 15.0. The van der Waals surface area contributed by atoms with E-state index in [2.05, 4.69) is 20.8 Å². The summed E-state index contributed by atoms with van der Waals surface area (Å²) in [5.41, 5.74) is 0.783. The second-order valence-electron chi connectivity index (χ2n) is 6.16. The summed E-state index contributed by atoms with van der Waals surface area (Å²) < 4.78 is 18.2. The Morgan fingerprint density at radius 1 is 1.24 bits per heavy atom. The quantitative estimate of drug-likeness (QED) is 0.585. The number of thioether (sulfide) groups is 1. The lowest BCUT2D eigenvalue weighted by molar-refractivity contribution is -0.119. The number of hydrogen-bond donors (Lipinski definition) is 1. The van der Waals surface area contributed by atoms with Gasteiger partial charge in [-0.25, -0.2) is 0 Å². The zero-order valence-electron chi connectivity index (χ0n) is 15.6. The molecule has 1 aliphatic heterocycles. The van der Waals surface area contributed by atoms with Crippen LogP contribution in [0.5, 0.6) is 17.2 Å². The molecule has 1 amide bonds. The first kappa shape index (κ1) is 19.1. The SMILES string of the molecule is COc1ccc(-n2nnnc2SCC(=O)NC[C@H]2COc3ccccc3O2)cc1. The van der Waals surface area contributed by atoms with Crippen molar-refractivity contribution < 1.29 is 19.0 Å². The summed E-state index contributed by atoms with van der Waals surface area (Å²) in [5, 5.41) is 15.1. The van der Waals surface area contributed by atoms with Crippen LogP contribution in [-0.4, -0.2) is 58.2 Å². The highest BCUT2D eigenvalue weighted by atomic mass is 32.2. The highest BCUT2D eigenvalue weighted by molar-refractivity contribution is 7.99. The number of benzene rings is 2. The summed E-state index contributed by atoms with van der Waals surface area (Å²) in [7, 11) is 1.61. The summed E-state index contributed by atoms with van der Waals surface area (Å²) >= 11 is 1.25. The third-order valence-corrected chi connectivity index (χ3v) is 5.10.